The van der Waals surface area contributed by atoms with E-state index in [4.69, 9.17) is 9.47 Å². The van der Waals surface area contributed by atoms with Gasteiger partial charge in [-0.25, -0.2) is 4.39 Å². The van der Waals surface area contributed by atoms with Gasteiger partial charge in [0.2, 0.25) is 5.91 Å². The fourth-order valence-electron chi connectivity index (χ4n) is 1.96. The van der Waals surface area contributed by atoms with Crippen molar-refractivity contribution in [2.24, 2.45) is 5.92 Å². The molecule has 2 amide bonds. The first-order valence-electron chi connectivity index (χ1n) is 7.86. The molecule has 0 spiro atoms. The van der Waals surface area contributed by atoms with Crippen molar-refractivity contribution in [2.45, 2.75) is 19.9 Å². The standard InChI is InChI=1S/C17H25FN2O4/c1-12(2)15(17(22)19-8-9-24-11-10-23-3)20-16(21)13-4-6-14(18)7-5-13/h4-7,12,15H,8-11H2,1-3H3,(H,19,22)(H,20,21). The molecule has 6 nitrogen and oxygen atoms in total. The van der Waals surface area contributed by atoms with Crippen LogP contribution >= 0.6 is 0 Å². The second kappa shape index (κ2) is 10.7. The van der Waals surface area contributed by atoms with Gasteiger partial charge in [0.25, 0.3) is 5.91 Å². The van der Waals surface area contributed by atoms with Crippen LogP contribution in [-0.4, -0.2) is 51.3 Å². The fourth-order valence-corrected chi connectivity index (χ4v) is 1.96. The summed E-state index contributed by atoms with van der Waals surface area (Å²) in [5.74, 6) is -1.21. The van der Waals surface area contributed by atoms with Crippen LogP contribution in [0, 0.1) is 11.7 Å². The molecule has 0 bridgehead atoms. The Morgan fingerprint density at radius 1 is 1.12 bits per heavy atom. The summed E-state index contributed by atoms with van der Waals surface area (Å²) in [6.45, 7) is 5.34. The Bertz CT molecular complexity index is 520. The van der Waals surface area contributed by atoms with Crippen molar-refractivity contribution in [3.8, 4) is 0 Å². The molecule has 0 aromatic heterocycles. The van der Waals surface area contributed by atoms with Gasteiger partial charge in [0.1, 0.15) is 11.9 Å². The molecule has 2 N–H and O–H groups in total. The number of halogens is 1. The molecule has 0 radical (unpaired) electrons. The average molecular weight is 340 g/mol. The number of hydrogen-bond donors (Lipinski definition) is 2. The van der Waals surface area contributed by atoms with E-state index in [9.17, 15) is 14.0 Å². The van der Waals surface area contributed by atoms with E-state index < -0.39 is 17.8 Å². The summed E-state index contributed by atoms with van der Waals surface area (Å²) in [4.78, 5) is 24.4. The molecule has 1 aromatic rings. The van der Waals surface area contributed by atoms with Gasteiger partial charge >= 0.3 is 0 Å². The van der Waals surface area contributed by atoms with E-state index in [2.05, 4.69) is 10.6 Å². The lowest BCUT2D eigenvalue weighted by Crippen LogP contribution is -2.50. The summed E-state index contributed by atoms with van der Waals surface area (Å²) in [7, 11) is 1.59. The first kappa shape index (κ1) is 20.1. The molecule has 0 aliphatic carbocycles. The normalized spacial score (nSPS) is 12.0. The quantitative estimate of drug-likeness (QED) is 0.631. The summed E-state index contributed by atoms with van der Waals surface area (Å²) in [6, 6.07) is 4.49. The van der Waals surface area contributed by atoms with Crippen molar-refractivity contribution in [1.82, 2.24) is 10.6 Å². The third-order valence-electron chi connectivity index (χ3n) is 3.32. The maximum Gasteiger partial charge on any atom is 0.251 e. The smallest absolute Gasteiger partial charge is 0.251 e. The number of amides is 2. The van der Waals surface area contributed by atoms with Crippen molar-refractivity contribution in [2.75, 3.05) is 33.5 Å². The molecule has 0 heterocycles. The Morgan fingerprint density at radius 2 is 1.79 bits per heavy atom. The van der Waals surface area contributed by atoms with Gasteiger partial charge in [0, 0.05) is 19.2 Å². The van der Waals surface area contributed by atoms with Gasteiger partial charge in [-0.3, -0.25) is 9.59 Å². The molecule has 1 atom stereocenters. The highest BCUT2D eigenvalue weighted by atomic mass is 19.1. The first-order valence-corrected chi connectivity index (χ1v) is 7.86. The van der Waals surface area contributed by atoms with Gasteiger partial charge in [-0.1, -0.05) is 13.8 Å². The Hall–Kier alpha value is -1.99. The van der Waals surface area contributed by atoms with Crippen LogP contribution < -0.4 is 10.6 Å². The number of carbonyl (C=O) groups excluding carboxylic acids is 2. The second-order valence-corrected chi connectivity index (χ2v) is 5.60. The minimum atomic E-state index is -0.679. The maximum absolute atomic E-state index is 12.9. The topological polar surface area (TPSA) is 76.7 Å². The third kappa shape index (κ3) is 7.06. The predicted octanol–water partition coefficient (Wildman–Crippen LogP) is 1.36. The number of methoxy groups -OCH3 is 1. The lowest BCUT2D eigenvalue weighted by atomic mass is 10.0. The summed E-state index contributed by atoms with van der Waals surface area (Å²) in [5, 5.41) is 5.41. The highest BCUT2D eigenvalue weighted by Crippen LogP contribution is 2.06. The molecule has 1 aromatic carbocycles. The molecule has 0 saturated carbocycles. The number of nitrogens with one attached hydrogen (secondary N) is 2. The van der Waals surface area contributed by atoms with E-state index in [1.165, 1.54) is 24.3 Å². The van der Waals surface area contributed by atoms with Gasteiger partial charge in [-0.05, 0) is 30.2 Å². The van der Waals surface area contributed by atoms with Crippen LogP contribution in [0.3, 0.4) is 0 Å². The van der Waals surface area contributed by atoms with Crippen molar-refractivity contribution in [3.63, 3.8) is 0 Å². The largest absolute Gasteiger partial charge is 0.382 e. The van der Waals surface area contributed by atoms with Crippen LogP contribution in [0.15, 0.2) is 24.3 Å². The zero-order valence-corrected chi connectivity index (χ0v) is 14.3. The molecule has 1 unspecified atom stereocenters. The van der Waals surface area contributed by atoms with Gasteiger partial charge in [0.15, 0.2) is 0 Å². The van der Waals surface area contributed by atoms with Crippen LogP contribution in [0.5, 0.6) is 0 Å². The second-order valence-electron chi connectivity index (χ2n) is 5.60. The monoisotopic (exact) mass is 340 g/mol. The SMILES string of the molecule is COCCOCCNC(=O)C(NC(=O)c1ccc(F)cc1)C(C)C. The maximum atomic E-state index is 12.9. The molecule has 24 heavy (non-hydrogen) atoms. The molecular formula is C17H25FN2O4. The van der Waals surface area contributed by atoms with Crippen molar-refractivity contribution in [1.29, 1.82) is 0 Å². The van der Waals surface area contributed by atoms with Crippen LogP contribution in [0.2, 0.25) is 0 Å². The van der Waals surface area contributed by atoms with Gasteiger partial charge in [-0.2, -0.15) is 0 Å². The Balaban J connectivity index is 2.49. The summed E-state index contributed by atoms with van der Waals surface area (Å²) in [5.41, 5.74) is 0.303. The lowest BCUT2D eigenvalue weighted by Gasteiger charge is -2.21. The van der Waals surface area contributed by atoms with E-state index in [1.54, 1.807) is 7.11 Å². The summed E-state index contributed by atoms with van der Waals surface area (Å²) >= 11 is 0. The molecular weight excluding hydrogens is 315 g/mol. The van der Waals surface area contributed by atoms with E-state index in [0.717, 1.165) is 0 Å². The minimum absolute atomic E-state index is 0.0937. The van der Waals surface area contributed by atoms with Crippen molar-refractivity contribution in [3.05, 3.63) is 35.6 Å². The van der Waals surface area contributed by atoms with E-state index in [-0.39, 0.29) is 11.8 Å². The van der Waals surface area contributed by atoms with Crippen molar-refractivity contribution >= 4 is 11.8 Å². The molecule has 7 heteroatoms. The third-order valence-corrected chi connectivity index (χ3v) is 3.32. The Labute approximate surface area is 141 Å². The Kier molecular flexibility index (Phi) is 8.96. The van der Waals surface area contributed by atoms with Gasteiger partial charge < -0.3 is 20.1 Å². The molecule has 134 valence electrons. The lowest BCUT2D eigenvalue weighted by molar-refractivity contribution is -0.124. The van der Waals surface area contributed by atoms with E-state index >= 15 is 0 Å². The molecule has 0 saturated heterocycles. The zero-order chi connectivity index (χ0) is 17.9. The molecule has 0 aliphatic rings. The number of hydrogen-bond acceptors (Lipinski definition) is 4. The summed E-state index contributed by atoms with van der Waals surface area (Å²) < 4.78 is 23.0. The summed E-state index contributed by atoms with van der Waals surface area (Å²) in [6.07, 6.45) is 0. The number of carbonyl (C=O) groups is 2. The number of ether oxygens (including phenoxy) is 2. The molecule has 1 rings (SSSR count). The molecule has 0 aliphatic heterocycles. The number of benzene rings is 1. The van der Waals surface area contributed by atoms with Crippen LogP contribution in [0.4, 0.5) is 4.39 Å². The van der Waals surface area contributed by atoms with E-state index in [1.807, 2.05) is 13.8 Å². The van der Waals surface area contributed by atoms with E-state index in [0.29, 0.717) is 31.9 Å². The highest BCUT2D eigenvalue weighted by molar-refractivity contribution is 5.97. The minimum Gasteiger partial charge on any atom is -0.382 e. The van der Waals surface area contributed by atoms with Gasteiger partial charge in [-0.15, -0.1) is 0 Å². The first-order chi connectivity index (χ1) is 11.5. The Morgan fingerprint density at radius 3 is 2.38 bits per heavy atom. The van der Waals surface area contributed by atoms with Gasteiger partial charge in [0.05, 0.1) is 19.8 Å². The predicted molar refractivity (Wildman–Crippen MR) is 88.2 cm³/mol. The van der Waals surface area contributed by atoms with Crippen LogP contribution in [0.1, 0.15) is 24.2 Å². The molecule has 0 fully saturated rings. The zero-order valence-electron chi connectivity index (χ0n) is 14.3. The highest BCUT2D eigenvalue weighted by Gasteiger charge is 2.24. The van der Waals surface area contributed by atoms with Crippen LogP contribution in [-0.2, 0) is 14.3 Å². The fraction of sp³-hybridized carbons (Fsp3) is 0.529. The van der Waals surface area contributed by atoms with Crippen molar-refractivity contribution < 1.29 is 23.5 Å². The average Bonchev–Trinajstić information content (AvgIpc) is 2.55. The number of rotatable bonds is 10. The van der Waals surface area contributed by atoms with Crippen LogP contribution in [0.25, 0.3) is 0 Å².